The summed E-state index contributed by atoms with van der Waals surface area (Å²) < 4.78 is 0. The molecule has 1 atom stereocenters. The summed E-state index contributed by atoms with van der Waals surface area (Å²) in [4.78, 5) is 16.4. The van der Waals surface area contributed by atoms with Crippen molar-refractivity contribution in [2.24, 2.45) is 0 Å². The molecule has 19 heavy (non-hydrogen) atoms. The Labute approximate surface area is 116 Å². The standard InChI is InChI=1S/C15H14N2OS/c1-10-4-3-5-12(6-10)7-14(18)13(8-16)15-17-11(2)9-19-15/h3-6,9,13H,7H2,1-2H3/t13-/m1/s1. The maximum atomic E-state index is 12.2. The van der Waals surface area contributed by atoms with Crippen molar-refractivity contribution >= 4 is 17.1 Å². The third-order valence-corrected chi connectivity index (χ3v) is 3.82. The number of nitrogens with zero attached hydrogens (tertiary/aromatic N) is 2. The Bertz CT molecular complexity index is 640. The van der Waals surface area contributed by atoms with Gasteiger partial charge >= 0.3 is 0 Å². The van der Waals surface area contributed by atoms with Crippen LogP contribution in [-0.2, 0) is 11.2 Å². The highest BCUT2D eigenvalue weighted by Gasteiger charge is 2.23. The smallest absolute Gasteiger partial charge is 0.161 e. The van der Waals surface area contributed by atoms with Crippen LogP contribution in [0.25, 0.3) is 0 Å². The SMILES string of the molecule is Cc1cccc(CC(=O)[C@@H](C#N)c2nc(C)cs2)c1. The van der Waals surface area contributed by atoms with Crippen LogP contribution < -0.4 is 0 Å². The Morgan fingerprint density at radius 3 is 2.84 bits per heavy atom. The van der Waals surface area contributed by atoms with Gasteiger partial charge in [-0.15, -0.1) is 11.3 Å². The molecular formula is C15H14N2OS. The lowest BCUT2D eigenvalue weighted by molar-refractivity contribution is -0.118. The number of thiazole rings is 1. The fraction of sp³-hybridized carbons (Fsp3) is 0.267. The predicted octanol–water partition coefficient (Wildman–Crippen LogP) is 3.18. The van der Waals surface area contributed by atoms with Crippen LogP contribution in [0.2, 0.25) is 0 Å². The van der Waals surface area contributed by atoms with Crippen molar-refractivity contribution in [3.05, 3.63) is 51.5 Å². The van der Waals surface area contributed by atoms with Crippen molar-refractivity contribution in [3.63, 3.8) is 0 Å². The number of hydrogen-bond donors (Lipinski definition) is 0. The monoisotopic (exact) mass is 270 g/mol. The van der Waals surface area contributed by atoms with E-state index in [0.717, 1.165) is 16.8 Å². The van der Waals surface area contributed by atoms with E-state index in [1.54, 1.807) is 0 Å². The third kappa shape index (κ3) is 3.27. The normalized spacial score (nSPS) is 11.8. The molecule has 0 aliphatic carbocycles. The number of ketones is 1. The summed E-state index contributed by atoms with van der Waals surface area (Å²) in [5.74, 6) is -0.846. The lowest BCUT2D eigenvalue weighted by atomic mass is 9.98. The number of Topliss-reactive ketones (excluding diaryl/α,β-unsaturated/α-hetero) is 1. The topological polar surface area (TPSA) is 53.8 Å². The highest BCUT2D eigenvalue weighted by Crippen LogP contribution is 2.22. The first kappa shape index (κ1) is 13.4. The Balaban J connectivity index is 2.16. The number of nitriles is 1. The zero-order chi connectivity index (χ0) is 13.8. The largest absolute Gasteiger partial charge is 0.297 e. The average Bonchev–Trinajstić information content (AvgIpc) is 2.76. The molecule has 0 saturated carbocycles. The van der Waals surface area contributed by atoms with Crippen molar-refractivity contribution < 1.29 is 4.79 Å². The number of aryl methyl sites for hydroxylation is 2. The molecule has 0 bridgehead atoms. The van der Waals surface area contributed by atoms with Crippen LogP contribution in [0.3, 0.4) is 0 Å². The molecule has 0 aliphatic heterocycles. The van der Waals surface area contributed by atoms with Gasteiger partial charge in [0.1, 0.15) is 5.01 Å². The van der Waals surface area contributed by atoms with Crippen molar-refractivity contribution in [2.45, 2.75) is 26.2 Å². The summed E-state index contributed by atoms with van der Waals surface area (Å²) in [7, 11) is 0. The van der Waals surface area contributed by atoms with Crippen LogP contribution in [0.15, 0.2) is 29.6 Å². The Morgan fingerprint density at radius 1 is 1.47 bits per heavy atom. The summed E-state index contributed by atoms with van der Waals surface area (Å²) in [5, 5.41) is 11.6. The second-order valence-electron chi connectivity index (χ2n) is 4.52. The van der Waals surface area contributed by atoms with Gasteiger partial charge in [0, 0.05) is 17.5 Å². The Hall–Kier alpha value is -1.99. The first-order valence-electron chi connectivity index (χ1n) is 6.00. The molecule has 96 valence electrons. The van der Waals surface area contributed by atoms with Gasteiger partial charge in [-0.1, -0.05) is 29.8 Å². The third-order valence-electron chi connectivity index (χ3n) is 2.80. The van der Waals surface area contributed by atoms with E-state index < -0.39 is 5.92 Å². The van der Waals surface area contributed by atoms with E-state index in [2.05, 4.69) is 11.1 Å². The van der Waals surface area contributed by atoms with Crippen LogP contribution in [0.4, 0.5) is 0 Å². The van der Waals surface area contributed by atoms with E-state index in [4.69, 9.17) is 0 Å². The predicted molar refractivity (Wildman–Crippen MR) is 75.1 cm³/mol. The minimum atomic E-state index is -0.751. The van der Waals surface area contributed by atoms with Gasteiger partial charge < -0.3 is 0 Å². The number of carbonyl (C=O) groups excluding carboxylic acids is 1. The number of aromatic nitrogens is 1. The van der Waals surface area contributed by atoms with Crippen LogP contribution in [0, 0.1) is 25.2 Å². The molecule has 0 N–H and O–H groups in total. The fourth-order valence-electron chi connectivity index (χ4n) is 1.90. The van der Waals surface area contributed by atoms with E-state index in [1.165, 1.54) is 11.3 Å². The van der Waals surface area contributed by atoms with Gasteiger partial charge in [0.05, 0.1) is 6.07 Å². The van der Waals surface area contributed by atoms with Gasteiger partial charge in [0.2, 0.25) is 0 Å². The lowest BCUT2D eigenvalue weighted by Crippen LogP contribution is -2.13. The second kappa shape index (κ2) is 5.77. The van der Waals surface area contributed by atoms with Crippen LogP contribution in [-0.4, -0.2) is 10.8 Å². The maximum absolute atomic E-state index is 12.2. The van der Waals surface area contributed by atoms with E-state index in [9.17, 15) is 10.1 Å². The molecule has 1 aromatic heterocycles. The summed E-state index contributed by atoms with van der Waals surface area (Å²) in [5.41, 5.74) is 2.91. The maximum Gasteiger partial charge on any atom is 0.161 e. The van der Waals surface area contributed by atoms with Crippen molar-refractivity contribution in [3.8, 4) is 6.07 Å². The van der Waals surface area contributed by atoms with Crippen molar-refractivity contribution in [2.75, 3.05) is 0 Å². The van der Waals surface area contributed by atoms with Crippen LogP contribution in [0.5, 0.6) is 0 Å². The second-order valence-corrected chi connectivity index (χ2v) is 5.41. The van der Waals surface area contributed by atoms with E-state index in [1.807, 2.05) is 43.5 Å². The van der Waals surface area contributed by atoms with Gasteiger partial charge in [0.15, 0.2) is 11.7 Å². The summed E-state index contributed by atoms with van der Waals surface area (Å²) in [6.45, 7) is 3.85. The highest BCUT2D eigenvalue weighted by atomic mass is 32.1. The van der Waals surface area contributed by atoms with Gasteiger partial charge in [-0.3, -0.25) is 4.79 Å². The van der Waals surface area contributed by atoms with Gasteiger partial charge in [-0.2, -0.15) is 5.26 Å². The summed E-state index contributed by atoms with van der Waals surface area (Å²) in [6.07, 6.45) is 0.276. The van der Waals surface area contributed by atoms with E-state index in [0.29, 0.717) is 5.01 Å². The number of rotatable bonds is 4. The molecule has 3 nitrogen and oxygen atoms in total. The number of benzene rings is 1. The molecule has 1 aromatic carbocycles. The average molecular weight is 270 g/mol. The zero-order valence-electron chi connectivity index (χ0n) is 10.9. The molecule has 1 heterocycles. The summed E-state index contributed by atoms with van der Waals surface area (Å²) in [6, 6.07) is 9.86. The fourth-order valence-corrected chi connectivity index (χ4v) is 2.76. The van der Waals surface area contributed by atoms with Gasteiger partial charge in [0.25, 0.3) is 0 Å². The first-order chi connectivity index (χ1) is 9.10. The highest BCUT2D eigenvalue weighted by molar-refractivity contribution is 7.09. The molecule has 0 aliphatic rings. The van der Waals surface area contributed by atoms with Crippen molar-refractivity contribution in [1.82, 2.24) is 4.98 Å². The molecule has 2 rings (SSSR count). The Morgan fingerprint density at radius 2 is 2.26 bits per heavy atom. The lowest BCUT2D eigenvalue weighted by Gasteiger charge is -2.06. The van der Waals surface area contributed by atoms with Crippen LogP contribution >= 0.6 is 11.3 Å². The number of hydrogen-bond acceptors (Lipinski definition) is 4. The minimum absolute atomic E-state index is 0.0950. The van der Waals surface area contributed by atoms with E-state index >= 15 is 0 Å². The minimum Gasteiger partial charge on any atom is -0.297 e. The molecule has 0 fully saturated rings. The zero-order valence-corrected chi connectivity index (χ0v) is 11.7. The molecular weight excluding hydrogens is 256 g/mol. The molecule has 0 radical (unpaired) electrons. The van der Waals surface area contributed by atoms with Gasteiger partial charge in [-0.05, 0) is 19.4 Å². The molecule has 2 aromatic rings. The molecule has 4 heteroatoms. The number of carbonyl (C=O) groups is 1. The molecule has 0 amide bonds. The molecule has 0 saturated heterocycles. The first-order valence-corrected chi connectivity index (χ1v) is 6.88. The van der Waals surface area contributed by atoms with Crippen molar-refractivity contribution in [1.29, 1.82) is 5.26 Å². The summed E-state index contributed by atoms with van der Waals surface area (Å²) >= 11 is 1.37. The molecule has 0 unspecified atom stereocenters. The molecule has 0 spiro atoms. The van der Waals surface area contributed by atoms with Gasteiger partial charge in [-0.25, -0.2) is 4.98 Å². The van der Waals surface area contributed by atoms with E-state index in [-0.39, 0.29) is 12.2 Å². The Kier molecular flexibility index (Phi) is 4.08. The van der Waals surface area contributed by atoms with Crippen LogP contribution in [0.1, 0.15) is 27.7 Å². The quantitative estimate of drug-likeness (QED) is 0.857.